The van der Waals surface area contributed by atoms with Crippen molar-refractivity contribution in [3.63, 3.8) is 0 Å². The molecule has 31 heavy (non-hydrogen) atoms. The number of nitrogens with two attached hydrogens (primary N) is 1. The average Bonchev–Trinajstić information content (AvgIpc) is 2.69. The molecule has 162 valence electrons. The Morgan fingerprint density at radius 2 is 1.52 bits per heavy atom. The van der Waals surface area contributed by atoms with Gasteiger partial charge in [0.15, 0.2) is 0 Å². The van der Waals surface area contributed by atoms with Crippen LogP contribution < -0.4 is 15.2 Å². The minimum Gasteiger partial charge on any atom is -0.322 e. The van der Waals surface area contributed by atoms with Crippen LogP contribution in [0.25, 0.3) is 0 Å². The Bertz CT molecular complexity index is 1350. The normalized spacial score (nSPS) is 11.7. The molecule has 0 aliphatic rings. The fraction of sp³-hybridized carbons (Fsp3) is 0.0952. The Morgan fingerprint density at radius 1 is 0.839 bits per heavy atom. The standard InChI is InChI=1S/C21H21N3O5S2/c1-14-6-10-19(11-7-14)31(28,29)24-18-5-3-4-16(12-18)21(25)23-17-9-8-15(2)20(13-17)30(22,26)27/h3-13,24H,1-2H3,(H,23,25)(H2,22,26,27). The number of nitrogens with one attached hydrogen (secondary N) is 2. The number of aryl methyl sites for hydroxylation is 2. The van der Waals surface area contributed by atoms with E-state index in [4.69, 9.17) is 5.14 Å². The first kappa shape index (κ1) is 22.5. The molecule has 8 nitrogen and oxygen atoms in total. The highest BCUT2D eigenvalue weighted by Crippen LogP contribution is 2.21. The molecule has 0 unspecified atom stereocenters. The van der Waals surface area contributed by atoms with Crippen LogP contribution in [0, 0.1) is 13.8 Å². The van der Waals surface area contributed by atoms with Crippen molar-refractivity contribution in [3.8, 4) is 0 Å². The summed E-state index contributed by atoms with van der Waals surface area (Å²) in [5, 5.41) is 7.79. The third kappa shape index (κ3) is 5.48. The summed E-state index contributed by atoms with van der Waals surface area (Å²) in [6, 6.07) is 16.7. The first-order chi connectivity index (χ1) is 14.5. The first-order valence-corrected chi connectivity index (χ1v) is 12.1. The Kier molecular flexibility index (Phi) is 6.16. The quantitative estimate of drug-likeness (QED) is 0.521. The fourth-order valence-corrected chi connectivity index (χ4v) is 4.70. The van der Waals surface area contributed by atoms with Crippen LogP contribution in [0.2, 0.25) is 0 Å². The van der Waals surface area contributed by atoms with Crippen molar-refractivity contribution in [1.29, 1.82) is 0 Å². The number of hydrogen-bond donors (Lipinski definition) is 3. The Labute approximate surface area is 181 Å². The lowest BCUT2D eigenvalue weighted by atomic mass is 10.1. The van der Waals surface area contributed by atoms with E-state index in [1.54, 1.807) is 25.1 Å². The van der Waals surface area contributed by atoms with Crippen molar-refractivity contribution < 1.29 is 21.6 Å². The van der Waals surface area contributed by atoms with Gasteiger partial charge in [-0.15, -0.1) is 0 Å². The van der Waals surface area contributed by atoms with Crippen molar-refractivity contribution in [2.45, 2.75) is 23.6 Å². The van der Waals surface area contributed by atoms with Crippen molar-refractivity contribution in [1.82, 2.24) is 0 Å². The van der Waals surface area contributed by atoms with Gasteiger partial charge in [-0.3, -0.25) is 9.52 Å². The van der Waals surface area contributed by atoms with Gasteiger partial charge in [-0.25, -0.2) is 22.0 Å². The van der Waals surface area contributed by atoms with Crippen molar-refractivity contribution in [3.05, 3.63) is 83.4 Å². The minimum absolute atomic E-state index is 0.0927. The zero-order chi connectivity index (χ0) is 22.8. The van der Waals surface area contributed by atoms with E-state index in [-0.39, 0.29) is 26.7 Å². The highest BCUT2D eigenvalue weighted by atomic mass is 32.2. The number of hydrogen-bond acceptors (Lipinski definition) is 5. The van der Waals surface area contributed by atoms with E-state index in [9.17, 15) is 21.6 Å². The van der Waals surface area contributed by atoms with Gasteiger partial charge in [0.1, 0.15) is 0 Å². The summed E-state index contributed by atoms with van der Waals surface area (Å²) in [6.45, 7) is 3.45. The molecule has 3 rings (SSSR count). The maximum absolute atomic E-state index is 12.6. The summed E-state index contributed by atoms with van der Waals surface area (Å²) in [5.41, 5.74) is 2.02. The number of anilines is 2. The highest BCUT2D eigenvalue weighted by Gasteiger charge is 2.16. The van der Waals surface area contributed by atoms with Gasteiger partial charge in [0.25, 0.3) is 15.9 Å². The molecule has 10 heteroatoms. The molecule has 0 heterocycles. The maximum Gasteiger partial charge on any atom is 0.261 e. The second-order valence-corrected chi connectivity index (χ2v) is 10.2. The molecule has 1 amide bonds. The lowest BCUT2D eigenvalue weighted by molar-refractivity contribution is 0.102. The van der Waals surface area contributed by atoms with Gasteiger partial charge in [-0.2, -0.15) is 0 Å². The van der Waals surface area contributed by atoms with Crippen LogP contribution in [0.15, 0.2) is 76.5 Å². The SMILES string of the molecule is Cc1ccc(S(=O)(=O)Nc2cccc(C(=O)Nc3ccc(C)c(S(N)(=O)=O)c3)c2)cc1. The largest absolute Gasteiger partial charge is 0.322 e. The molecule has 0 bridgehead atoms. The van der Waals surface area contributed by atoms with E-state index >= 15 is 0 Å². The molecule has 0 spiro atoms. The van der Waals surface area contributed by atoms with Crippen LogP contribution in [-0.4, -0.2) is 22.7 Å². The van der Waals surface area contributed by atoms with Crippen molar-refractivity contribution in [2.75, 3.05) is 10.0 Å². The highest BCUT2D eigenvalue weighted by molar-refractivity contribution is 7.92. The summed E-state index contributed by atoms with van der Waals surface area (Å²) < 4.78 is 50.9. The number of carbonyl (C=O) groups excluding carboxylic acids is 1. The van der Waals surface area contributed by atoms with Crippen LogP contribution in [0.4, 0.5) is 11.4 Å². The van der Waals surface area contributed by atoms with Gasteiger partial charge in [0.2, 0.25) is 10.0 Å². The average molecular weight is 460 g/mol. The number of benzene rings is 3. The zero-order valence-electron chi connectivity index (χ0n) is 16.8. The Morgan fingerprint density at radius 3 is 2.16 bits per heavy atom. The van der Waals surface area contributed by atoms with Crippen LogP contribution >= 0.6 is 0 Å². The van der Waals surface area contributed by atoms with E-state index in [2.05, 4.69) is 10.0 Å². The van der Waals surface area contributed by atoms with Crippen LogP contribution in [0.1, 0.15) is 21.5 Å². The number of primary sulfonamides is 1. The summed E-state index contributed by atoms with van der Waals surface area (Å²) in [6.07, 6.45) is 0. The zero-order valence-corrected chi connectivity index (χ0v) is 18.4. The van der Waals surface area contributed by atoms with E-state index in [1.807, 2.05) is 6.92 Å². The van der Waals surface area contributed by atoms with Gasteiger partial charge in [-0.1, -0.05) is 29.8 Å². The Balaban J connectivity index is 1.82. The van der Waals surface area contributed by atoms with E-state index < -0.39 is 26.0 Å². The summed E-state index contributed by atoms with van der Waals surface area (Å²) in [7, 11) is -7.76. The molecule has 0 saturated carbocycles. The third-order valence-electron chi connectivity index (χ3n) is 4.46. The van der Waals surface area contributed by atoms with E-state index in [0.717, 1.165) is 5.56 Å². The topological polar surface area (TPSA) is 135 Å². The second-order valence-electron chi connectivity index (χ2n) is 6.98. The molecular weight excluding hydrogens is 438 g/mol. The number of sulfonamides is 2. The molecule has 0 aromatic heterocycles. The third-order valence-corrected chi connectivity index (χ3v) is 6.91. The second kappa shape index (κ2) is 8.50. The van der Waals surface area contributed by atoms with E-state index in [0.29, 0.717) is 5.56 Å². The van der Waals surface area contributed by atoms with Crippen LogP contribution in [0.3, 0.4) is 0 Å². The smallest absolute Gasteiger partial charge is 0.261 e. The van der Waals surface area contributed by atoms with Gasteiger partial charge in [0.05, 0.1) is 9.79 Å². The first-order valence-electron chi connectivity index (χ1n) is 9.10. The van der Waals surface area contributed by atoms with Gasteiger partial charge < -0.3 is 5.32 Å². The van der Waals surface area contributed by atoms with Gasteiger partial charge >= 0.3 is 0 Å². The van der Waals surface area contributed by atoms with Gasteiger partial charge in [-0.05, 0) is 61.9 Å². The summed E-state index contributed by atoms with van der Waals surface area (Å²) in [5.74, 6) is -0.541. The molecule has 0 radical (unpaired) electrons. The molecule has 0 aliphatic carbocycles. The molecule has 0 aliphatic heterocycles. The summed E-state index contributed by atoms with van der Waals surface area (Å²) in [4.78, 5) is 12.6. The Hall–Kier alpha value is -3.21. The van der Waals surface area contributed by atoms with Crippen molar-refractivity contribution >= 4 is 37.3 Å². The summed E-state index contributed by atoms with van der Waals surface area (Å²) >= 11 is 0. The van der Waals surface area contributed by atoms with E-state index in [1.165, 1.54) is 48.5 Å². The molecule has 3 aromatic rings. The minimum atomic E-state index is -3.94. The molecule has 3 aromatic carbocycles. The lowest BCUT2D eigenvalue weighted by Crippen LogP contribution is -2.16. The molecular formula is C21H21N3O5S2. The molecule has 0 atom stereocenters. The number of carbonyl (C=O) groups is 1. The fourth-order valence-electron chi connectivity index (χ4n) is 2.84. The molecule has 0 saturated heterocycles. The number of amides is 1. The van der Waals surface area contributed by atoms with Crippen LogP contribution in [-0.2, 0) is 20.0 Å². The molecule has 4 N–H and O–H groups in total. The van der Waals surface area contributed by atoms with Crippen molar-refractivity contribution in [2.24, 2.45) is 5.14 Å². The molecule has 0 fully saturated rings. The predicted octanol–water partition coefficient (Wildman–Crippen LogP) is 3.00. The predicted molar refractivity (Wildman–Crippen MR) is 119 cm³/mol. The number of rotatable bonds is 6. The maximum atomic E-state index is 12.6. The van der Waals surface area contributed by atoms with Crippen LogP contribution in [0.5, 0.6) is 0 Å². The lowest BCUT2D eigenvalue weighted by Gasteiger charge is -2.11. The van der Waals surface area contributed by atoms with Gasteiger partial charge in [0, 0.05) is 16.9 Å². The monoisotopic (exact) mass is 459 g/mol.